The third-order valence-electron chi connectivity index (χ3n) is 4.73. The minimum absolute atomic E-state index is 0.00925. The van der Waals surface area contributed by atoms with Crippen LogP contribution >= 0.6 is 11.8 Å². The van der Waals surface area contributed by atoms with Gasteiger partial charge >= 0.3 is 5.97 Å². The van der Waals surface area contributed by atoms with Crippen LogP contribution in [0.5, 0.6) is 0 Å². The number of hydrogen-bond acceptors (Lipinski definition) is 7. The molecule has 0 saturated heterocycles. The number of aromatic nitrogens is 2. The number of hydrogen-bond donors (Lipinski definition) is 3. The maximum atomic E-state index is 12.5. The number of aliphatic hydroxyl groups is 1. The lowest BCUT2D eigenvalue weighted by molar-refractivity contribution is -0.122. The zero-order valence-electron chi connectivity index (χ0n) is 18.7. The summed E-state index contributed by atoms with van der Waals surface area (Å²) in [6, 6.07) is 16.1. The molecule has 178 valence electrons. The fourth-order valence-corrected chi connectivity index (χ4v) is 3.89. The van der Waals surface area contributed by atoms with Gasteiger partial charge in [0.25, 0.3) is 0 Å². The number of aliphatic hydroxyl groups excluding tert-OH is 1. The van der Waals surface area contributed by atoms with Crippen molar-refractivity contribution in [1.29, 1.82) is 0 Å². The molecule has 0 bridgehead atoms. The molecule has 0 saturated carbocycles. The van der Waals surface area contributed by atoms with Crippen molar-refractivity contribution >= 4 is 35.2 Å². The average Bonchev–Trinajstić information content (AvgIpc) is 3.24. The SMILES string of the molecule is CCOC(=O)c1ccccc1NC(=O)CSc1ncc(CO)n1CC(=O)NCc1ccccc1. The van der Waals surface area contributed by atoms with E-state index in [1.54, 1.807) is 35.8 Å². The van der Waals surface area contributed by atoms with Crippen molar-refractivity contribution in [2.24, 2.45) is 0 Å². The van der Waals surface area contributed by atoms with E-state index in [9.17, 15) is 19.5 Å². The highest BCUT2D eigenvalue weighted by molar-refractivity contribution is 7.99. The van der Waals surface area contributed by atoms with E-state index in [-0.39, 0.29) is 42.9 Å². The van der Waals surface area contributed by atoms with Gasteiger partial charge < -0.3 is 25.0 Å². The normalized spacial score (nSPS) is 10.5. The van der Waals surface area contributed by atoms with E-state index in [0.717, 1.165) is 17.3 Å². The summed E-state index contributed by atoms with van der Waals surface area (Å²) in [4.78, 5) is 41.3. The van der Waals surface area contributed by atoms with Crippen molar-refractivity contribution in [3.8, 4) is 0 Å². The van der Waals surface area contributed by atoms with E-state index in [2.05, 4.69) is 15.6 Å². The molecule has 3 aromatic rings. The van der Waals surface area contributed by atoms with Crippen LogP contribution in [0.1, 0.15) is 28.5 Å². The van der Waals surface area contributed by atoms with Crippen molar-refractivity contribution in [3.63, 3.8) is 0 Å². The summed E-state index contributed by atoms with van der Waals surface area (Å²) in [5.41, 5.74) is 2.05. The van der Waals surface area contributed by atoms with E-state index in [4.69, 9.17) is 4.74 Å². The van der Waals surface area contributed by atoms with Gasteiger partial charge in [0.15, 0.2) is 5.16 Å². The number of thioether (sulfide) groups is 1. The second-order valence-corrected chi connectivity index (χ2v) is 8.08. The molecule has 10 heteroatoms. The highest BCUT2D eigenvalue weighted by atomic mass is 32.2. The van der Waals surface area contributed by atoms with Crippen LogP contribution in [0.3, 0.4) is 0 Å². The third kappa shape index (κ3) is 6.93. The summed E-state index contributed by atoms with van der Waals surface area (Å²) in [5, 5.41) is 15.6. The van der Waals surface area contributed by atoms with Gasteiger partial charge in [0.2, 0.25) is 11.8 Å². The third-order valence-corrected chi connectivity index (χ3v) is 5.72. The molecule has 9 nitrogen and oxygen atoms in total. The first kappa shape index (κ1) is 25.0. The predicted molar refractivity (Wildman–Crippen MR) is 128 cm³/mol. The minimum atomic E-state index is -0.518. The Hall–Kier alpha value is -3.63. The molecule has 3 rings (SSSR count). The Labute approximate surface area is 201 Å². The number of nitrogens with one attached hydrogen (secondary N) is 2. The smallest absolute Gasteiger partial charge is 0.340 e. The second-order valence-electron chi connectivity index (χ2n) is 7.14. The minimum Gasteiger partial charge on any atom is -0.462 e. The lowest BCUT2D eigenvalue weighted by atomic mass is 10.2. The quantitative estimate of drug-likeness (QED) is 0.284. The number of amides is 2. The van der Waals surface area contributed by atoms with Gasteiger partial charge in [-0.2, -0.15) is 0 Å². The molecule has 0 spiro atoms. The largest absolute Gasteiger partial charge is 0.462 e. The lowest BCUT2D eigenvalue weighted by Crippen LogP contribution is -2.28. The average molecular weight is 483 g/mol. The molecule has 1 heterocycles. The van der Waals surface area contributed by atoms with E-state index in [1.165, 1.54) is 6.20 Å². The molecule has 0 radical (unpaired) electrons. The Morgan fingerprint density at radius 2 is 1.79 bits per heavy atom. The van der Waals surface area contributed by atoms with Gasteiger partial charge in [-0.1, -0.05) is 54.2 Å². The Bertz CT molecular complexity index is 1130. The van der Waals surface area contributed by atoms with Crippen molar-refractivity contribution in [1.82, 2.24) is 14.9 Å². The fraction of sp³-hybridized carbons (Fsp3) is 0.250. The van der Waals surface area contributed by atoms with Gasteiger partial charge in [0.05, 0.1) is 42.1 Å². The first-order chi connectivity index (χ1) is 16.5. The zero-order valence-corrected chi connectivity index (χ0v) is 19.5. The van der Waals surface area contributed by atoms with E-state index in [1.807, 2.05) is 30.3 Å². The summed E-state index contributed by atoms with van der Waals surface area (Å²) < 4.78 is 6.60. The van der Waals surface area contributed by atoms with Gasteiger partial charge in [-0.3, -0.25) is 9.59 Å². The summed E-state index contributed by atoms with van der Waals surface area (Å²) in [6.45, 7) is 1.98. The Morgan fingerprint density at radius 1 is 1.06 bits per heavy atom. The number of anilines is 1. The Balaban J connectivity index is 1.60. The van der Waals surface area contributed by atoms with Crippen LogP contribution in [-0.4, -0.2) is 44.8 Å². The van der Waals surface area contributed by atoms with Crippen LogP contribution in [0.4, 0.5) is 5.69 Å². The van der Waals surface area contributed by atoms with Gasteiger partial charge in [0.1, 0.15) is 6.54 Å². The molecule has 0 aliphatic heterocycles. The van der Waals surface area contributed by atoms with E-state index >= 15 is 0 Å². The van der Waals surface area contributed by atoms with Gasteiger partial charge in [0, 0.05) is 6.54 Å². The molecule has 0 unspecified atom stereocenters. The molecule has 1 aromatic heterocycles. The number of rotatable bonds is 11. The maximum Gasteiger partial charge on any atom is 0.340 e. The van der Waals surface area contributed by atoms with Crippen LogP contribution in [0.15, 0.2) is 66.0 Å². The number of nitrogens with zero attached hydrogens (tertiary/aromatic N) is 2. The van der Waals surface area contributed by atoms with Crippen LogP contribution in [-0.2, 0) is 34.0 Å². The van der Waals surface area contributed by atoms with E-state index < -0.39 is 5.97 Å². The number of benzene rings is 2. The molecule has 3 N–H and O–H groups in total. The highest BCUT2D eigenvalue weighted by Gasteiger charge is 2.17. The molecule has 0 fully saturated rings. The van der Waals surface area contributed by atoms with Crippen molar-refractivity contribution in [2.75, 3.05) is 17.7 Å². The van der Waals surface area contributed by atoms with Gasteiger partial charge in [-0.15, -0.1) is 0 Å². The standard InChI is InChI=1S/C24H26N4O5S/c1-2-33-23(32)19-10-6-7-11-20(19)27-22(31)16-34-24-26-13-18(15-29)28(24)14-21(30)25-12-17-8-4-3-5-9-17/h3-11,13,29H,2,12,14-16H2,1H3,(H,25,30)(H,27,31). The van der Waals surface area contributed by atoms with E-state index in [0.29, 0.717) is 23.1 Å². The second kappa shape index (κ2) is 12.6. The number of esters is 1. The number of imidazole rings is 1. The van der Waals surface area contributed by atoms with Crippen LogP contribution in [0.2, 0.25) is 0 Å². The molecule has 34 heavy (non-hydrogen) atoms. The van der Waals surface area contributed by atoms with Gasteiger partial charge in [-0.25, -0.2) is 9.78 Å². The monoisotopic (exact) mass is 482 g/mol. The predicted octanol–water partition coefficient (Wildman–Crippen LogP) is 2.60. The number of ether oxygens (including phenoxy) is 1. The Morgan fingerprint density at radius 3 is 2.53 bits per heavy atom. The first-order valence-corrected chi connectivity index (χ1v) is 11.6. The summed E-state index contributed by atoms with van der Waals surface area (Å²) >= 11 is 1.12. The summed E-state index contributed by atoms with van der Waals surface area (Å²) in [5.74, 6) is -1.12. The molecule has 2 amide bonds. The van der Waals surface area contributed by atoms with Crippen molar-refractivity contribution in [2.45, 2.75) is 31.8 Å². The van der Waals surface area contributed by atoms with Crippen LogP contribution < -0.4 is 10.6 Å². The number of carbonyl (C=O) groups is 3. The molecule has 0 aliphatic carbocycles. The summed E-state index contributed by atoms with van der Waals surface area (Å²) in [7, 11) is 0. The molecule has 0 atom stereocenters. The zero-order chi connectivity index (χ0) is 24.3. The fourth-order valence-electron chi connectivity index (χ4n) is 3.09. The van der Waals surface area contributed by atoms with Crippen LogP contribution in [0.25, 0.3) is 0 Å². The van der Waals surface area contributed by atoms with Crippen molar-refractivity contribution < 1.29 is 24.2 Å². The lowest BCUT2D eigenvalue weighted by Gasteiger charge is -2.12. The molecular formula is C24H26N4O5S. The number of carbonyl (C=O) groups excluding carboxylic acids is 3. The number of para-hydroxylation sites is 1. The van der Waals surface area contributed by atoms with Gasteiger partial charge in [-0.05, 0) is 24.6 Å². The first-order valence-electron chi connectivity index (χ1n) is 10.7. The van der Waals surface area contributed by atoms with Crippen LogP contribution in [0, 0.1) is 0 Å². The summed E-state index contributed by atoms with van der Waals surface area (Å²) in [6.07, 6.45) is 1.47. The van der Waals surface area contributed by atoms with Crippen molar-refractivity contribution in [3.05, 3.63) is 77.6 Å². The topological polar surface area (TPSA) is 123 Å². The highest BCUT2D eigenvalue weighted by Crippen LogP contribution is 2.21. The molecule has 0 aliphatic rings. The molecule has 2 aromatic carbocycles. The molecular weight excluding hydrogens is 456 g/mol. The Kier molecular flexibility index (Phi) is 9.24. The maximum absolute atomic E-state index is 12.5.